The number of carbonyl (C=O) groups excluding carboxylic acids is 1. The number of benzene rings is 2. The summed E-state index contributed by atoms with van der Waals surface area (Å²) in [6.45, 7) is 3.86. The molecule has 28 heavy (non-hydrogen) atoms. The molecule has 0 heterocycles. The van der Waals surface area contributed by atoms with Gasteiger partial charge in [0, 0.05) is 25.2 Å². The molecule has 1 aliphatic rings. The Kier molecular flexibility index (Phi) is 6.98. The van der Waals surface area contributed by atoms with E-state index in [4.69, 9.17) is 5.21 Å². The van der Waals surface area contributed by atoms with Crippen molar-refractivity contribution in [2.24, 2.45) is 0 Å². The number of fused-ring (bicyclic) bond motifs is 1. The molecule has 1 atom stereocenters. The maximum absolute atomic E-state index is 11.2. The van der Waals surface area contributed by atoms with Crippen LogP contribution in [0.2, 0.25) is 0 Å². The van der Waals surface area contributed by atoms with E-state index in [9.17, 15) is 9.90 Å². The smallest absolute Gasteiger partial charge is 0.267 e. The number of amides is 1. The number of nitrogens with one attached hydrogen (secondary N) is 1. The van der Waals surface area contributed by atoms with Crippen LogP contribution in [0.3, 0.4) is 0 Å². The second-order valence-electron chi connectivity index (χ2n) is 7.26. The first-order valence-electron chi connectivity index (χ1n) is 9.76. The third-order valence-electron chi connectivity index (χ3n) is 5.51. The minimum Gasteiger partial charge on any atom is -0.395 e. The Balaban J connectivity index is 1.73. The Hall–Kier alpha value is -2.47. The van der Waals surface area contributed by atoms with Crippen LogP contribution < -0.4 is 5.48 Å². The Morgan fingerprint density at radius 3 is 2.82 bits per heavy atom. The third-order valence-corrected chi connectivity index (χ3v) is 5.51. The van der Waals surface area contributed by atoms with Gasteiger partial charge in [0.15, 0.2) is 0 Å². The summed E-state index contributed by atoms with van der Waals surface area (Å²) in [7, 11) is 0. The van der Waals surface area contributed by atoms with E-state index in [0.717, 1.165) is 31.4 Å². The van der Waals surface area contributed by atoms with Crippen LogP contribution in [0.4, 0.5) is 0 Å². The van der Waals surface area contributed by atoms with Crippen LogP contribution in [0, 0.1) is 6.92 Å². The molecule has 0 aromatic heterocycles. The average molecular weight is 380 g/mol. The number of carbonyl (C=O) groups is 1. The molecule has 0 fully saturated rings. The first kappa shape index (κ1) is 20.3. The van der Waals surface area contributed by atoms with Gasteiger partial charge >= 0.3 is 0 Å². The number of aliphatic hydroxyl groups is 1. The normalized spacial score (nSPS) is 15.9. The molecule has 2 aromatic carbocycles. The first-order chi connectivity index (χ1) is 13.6. The lowest BCUT2D eigenvalue weighted by molar-refractivity contribution is -0.124. The summed E-state index contributed by atoms with van der Waals surface area (Å²) in [6.07, 6.45) is 6.00. The van der Waals surface area contributed by atoms with Crippen LogP contribution in [-0.4, -0.2) is 40.8 Å². The Morgan fingerprint density at radius 1 is 1.25 bits per heavy atom. The zero-order chi connectivity index (χ0) is 19.9. The minimum absolute atomic E-state index is 0.150. The predicted octanol–water partition coefficient (Wildman–Crippen LogP) is 3.04. The van der Waals surface area contributed by atoms with E-state index in [0.29, 0.717) is 12.6 Å². The zero-order valence-electron chi connectivity index (χ0n) is 16.3. The van der Waals surface area contributed by atoms with Crippen molar-refractivity contribution >= 4 is 12.0 Å². The van der Waals surface area contributed by atoms with Crippen molar-refractivity contribution in [2.75, 3.05) is 19.7 Å². The molecule has 3 rings (SSSR count). The molecule has 1 unspecified atom stereocenters. The third kappa shape index (κ3) is 4.87. The molecular formula is C23H28N2O3. The molecule has 5 heteroatoms. The summed E-state index contributed by atoms with van der Waals surface area (Å²) in [5, 5.41) is 18.2. The van der Waals surface area contributed by atoms with Crippen LogP contribution >= 0.6 is 0 Å². The zero-order valence-corrected chi connectivity index (χ0v) is 16.3. The topological polar surface area (TPSA) is 72.8 Å². The molecule has 0 saturated carbocycles. The van der Waals surface area contributed by atoms with E-state index in [2.05, 4.69) is 48.2 Å². The molecule has 0 bridgehead atoms. The van der Waals surface area contributed by atoms with Crippen LogP contribution in [0.15, 0.2) is 48.5 Å². The van der Waals surface area contributed by atoms with Gasteiger partial charge in [-0.25, -0.2) is 5.48 Å². The molecule has 0 aliphatic heterocycles. The lowest BCUT2D eigenvalue weighted by Gasteiger charge is -2.29. The number of hydrogen-bond acceptors (Lipinski definition) is 4. The fraction of sp³-hybridized carbons (Fsp3) is 0.348. The fourth-order valence-corrected chi connectivity index (χ4v) is 4.01. The number of aliphatic hydroxyl groups excluding tert-OH is 1. The maximum Gasteiger partial charge on any atom is 0.267 e. The van der Waals surface area contributed by atoms with Crippen molar-refractivity contribution < 1.29 is 15.1 Å². The van der Waals surface area contributed by atoms with Crippen LogP contribution in [0.1, 0.15) is 40.3 Å². The summed E-state index contributed by atoms with van der Waals surface area (Å²) in [6, 6.07) is 15.0. The second-order valence-corrected chi connectivity index (χ2v) is 7.26. The van der Waals surface area contributed by atoms with Crippen molar-refractivity contribution in [3.63, 3.8) is 0 Å². The second kappa shape index (κ2) is 9.64. The van der Waals surface area contributed by atoms with Gasteiger partial charge < -0.3 is 5.11 Å². The van der Waals surface area contributed by atoms with Gasteiger partial charge in [0.2, 0.25) is 0 Å². The molecule has 2 aromatic rings. The van der Waals surface area contributed by atoms with Crippen molar-refractivity contribution in [1.82, 2.24) is 10.4 Å². The lowest BCUT2D eigenvalue weighted by Crippen LogP contribution is -2.32. The van der Waals surface area contributed by atoms with Crippen molar-refractivity contribution in [3.05, 3.63) is 76.4 Å². The number of hydrogen-bond donors (Lipinski definition) is 3. The molecule has 1 amide bonds. The van der Waals surface area contributed by atoms with Crippen molar-refractivity contribution in [2.45, 2.75) is 32.2 Å². The summed E-state index contributed by atoms with van der Waals surface area (Å²) in [5.74, 6) is -0.538. The highest BCUT2D eigenvalue weighted by Crippen LogP contribution is 2.36. The predicted molar refractivity (Wildman–Crippen MR) is 110 cm³/mol. The number of nitrogens with zero attached hydrogens (tertiary/aromatic N) is 1. The number of hydroxylamine groups is 1. The van der Waals surface area contributed by atoms with E-state index < -0.39 is 5.91 Å². The summed E-state index contributed by atoms with van der Waals surface area (Å²) in [5.41, 5.74) is 7.80. The minimum atomic E-state index is -0.538. The monoisotopic (exact) mass is 380 g/mol. The molecule has 0 radical (unpaired) electrons. The van der Waals surface area contributed by atoms with E-state index >= 15 is 0 Å². The van der Waals surface area contributed by atoms with Gasteiger partial charge in [-0.15, -0.1) is 0 Å². The van der Waals surface area contributed by atoms with Gasteiger partial charge in [0.05, 0.1) is 6.61 Å². The molecular weight excluding hydrogens is 352 g/mol. The van der Waals surface area contributed by atoms with Crippen LogP contribution in [0.5, 0.6) is 0 Å². The largest absolute Gasteiger partial charge is 0.395 e. The van der Waals surface area contributed by atoms with Gasteiger partial charge in [0.25, 0.3) is 5.91 Å². The van der Waals surface area contributed by atoms with Gasteiger partial charge in [-0.3, -0.25) is 14.9 Å². The van der Waals surface area contributed by atoms with E-state index in [-0.39, 0.29) is 6.61 Å². The molecule has 3 N–H and O–H groups in total. The van der Waals surface area contributed by atoms with E-state index in [1.165, 1.54) is 28.3 Å². The highest BCUT2D eigenvalue weighted by Gasteiger charge is 2.27. The summed E-state index contributed by atoms with van der Waals surface area (Å²) in [4.78, 5) is 13.5. The van der Waals surface area contributed by atoms with Gasteiger partial charge in [-0.2, -0.15) is 0 Å². The molecule has 0 spiro atoms. The maximum atomic E-state index is 11.2. The average Bonchev–Trinajstić information content (AvgIpc) is 3.13. The Labute approximate surface area is 166 Å². The van der Waals surface area contributed by atoms with E-state index in [1.807, 2.05) is 6.07 Å². The first-order valence-corrected chi connectivity index (χ1v) is 9.76. The molecule has 0 saturated heterocycles. The Bertz CT molecular complexity index is 847. The standard InChI is InChI=1S/C23H28N2O3/c1-17-4-2-3-5-19(17)12-13-25(14-15-26)22-10-8-20-16-18(6-9-21(20)22)7-11-23(27)24-28/h2-7,9,11,16,22,26,28H,8,10,12-15H2,1H3,(H,24,27)/b11-7+. The van der Waals surface area contributed by atoms with Crippen molar-refractivity contribution in [3.8, 4) is 0 Å². The van der Waals surface area contributed by atoms with Crippen molar-refractivity contribution in [1.29, 1.82) is 0 Å². The highest BCUT2D eigenvalue weighted by molar-refractivity contribution is 5.90. The summed E-state index contributed by atoms with van der Waals surface area (Å²) < 4.78 is 0. The number of rotatable bonds is 8. The van der Waals surface area contributed by atoms with E-state index in [1.54, 1.807) is 11.6 Å². The quantitative estimate of drug-likeness (QED) is 0.374. The molecule has 148 valence electrons. The molecule has 1 aliphatic carbocycles. The Morgan fingerprint density at radius 2 is 2.07 bits per heavy atom. The van der Waals surface area contributed by atoms with Gasteiger partial charge in [-0.1, -0.05) is 42.5 Å². The van der Waals surface area contributed by atoms with Crippen LogP contribution in [-0.2, 0) is 17.6 Å². The summed E-state index contributed by atoms with van der Waals surface area (Å²) >= 11 is 0. The fourth-order valence-electron chi connectivity index (χ4n) is 4.01. The number of aryl methyl sites for hydroxylation is 2. The molecule has 5 nitrogen and oxygen atoms in total. The van der Waals surface area contributed by atoms with Gasteiger partial charge in [-0.05, 0) is 60.1 Å². The lowest BCUT2D eigenvalue weighted by atomic mass is 10.0. The highest BCUT2D eigenvalue weighted by atomic mass is 16.5. The van der Waals surface area contributed by atoms with Crippen LogP contribution in [0.25, 0.3) is 6.08 Å². The van der Waals surface area contributed by atoms with Gasteiger partial charge in [0.1, 0.15) is 0 Å². The SMILES string of the molecule is Cc1ccccc1CCN(CCO)C1CCc2cc(/C=C/C(=O)NO)ccc21.